The Morgan fingerprint density at radius 3 is 2.68 bits per heavy atom. The summed E-state index contributed by atoms with van der Waals surface area (Å²) in [5, 5.41) is 10.1. The van der Waals surface area contributed by atoms with E-state index < -0.39 is 6.10 Å². The Labute approximate surface area is 153 Å². The quantitative estimate of drug-likeness (QED) is 0.794. The second kappa shape index (κ2) is 9.31. The Morgan fingerprint density at radius 1 is 1.36 bits per heavy atom. The Balaban J connectivity index is 2.31. The van der Waals surface area contributed by atoms with Crippen LogP contribution in [-0.4, -0.2) is 67.0 Å². The highest BCUT2D eigenvalue weighted by atomic mass is 32.2. The molecule has 0 aromatic heterocycles. The highest BCUT2D eigenvalue weighted by Gasteiger charge is 2.36. The average Bonchev–Trinajstić information content (AvgIpc) is 2.64. The van der Waals surface area contributed by atoms with Gasteiger partial charge in [0, 0.05) is 6.54 Å². The third-order valence-corrected chi connectivity index (χ3v) is 5.22. The summed E-state index contributed by atoms with van der Waals surface area (Å²) >= 11 is 1.61. The van der Waals surface area contributed by atoms with E-state index in [1.54, 1.807) is 30.9 Å². The lowest BCUT2D eigenvalue weighted by atomic mass is 9.97. The van der Waals surface area contributed by atoms with Crippen molar-refractivity contribution in [1.82, 2.24) is 4.90 Å². The Morgan fingerprint density at radius 2 is 2.08 bits per heavy atom. The van der Waals surface area contributed by atoms with Gasteiger partial charge in [-0.25, -0.2) is 0 Å². The highest BCUT2D eigenvalue weighted by Crippen LogP contribution is 2.36. The Bertz CT molecular complexity index is 581. The molecule has 0 aliphatic carbocycles. The van der Waals surface area contributed by atoms with Crippen LogP contribution in [0.25, 0.3) is 0 Å². The fraction of sp³-hybridized carbons (Fsp3) is 0.611. The van der Waals surface area contributed by atoms with Crippen molar-refractivity contribution in [2.24, 2.45) is 0 Å². The van der Waals surface area contributed by atoms with Gasteiger partial charge in [-0.2, -0.15) is 0 Å². The monoisotopic (exact) mass is 369 g/mol. The molecule has 1 N–H and O–H groups in total. The SMILES string of the molecule is COc1ccc([C@@H]2[C@@H](CO)OCCN2C(=O)CSC(C)C)cc1OC. The van der Waals surface area contributed by atoms with E-state index in [-0.39, 0.29) is 18.6 Å². The van der Waals surface area contributed by atoms with Gasteiger partial charge in [0.25, 0.3) is 0 Å². The zero-order valence-corrected chi connectivity index (χ0v) is 16.0. The molecule has 0 spiro atoms. The van der Waals surface area contributed by atoms with Crippen LogP contribution in [0.2, 0.25) is 0 Å². The summed E-state index contributed by atoms with van der Waals surface area (Å²) in [5.41, 5.74) is 0.860. The van der Waals surface area contributed by atoms with Crippen molar-refractivity contribution in [1.29, 1.82) is 0 Å². The van der Waals surface area contributed by atoms with Crippen LogP contribution in [0, 0.1) is 0 Å². The van der Waals surface area contributed by atoms with Gasteiger partial charge in [-0.3, -0.25) is 4.79 Å². The lowest BCUT2D eigenvalue weighted by molar-refractivity contribution is -0.147. The number of aliphatic hydroxyl groups excluding tert-OH is 1. The molecule has 1 aliphatic rings. The molecule has 1 aliphatic heterocycles. The molecule has 1 saturated heterocycles. The Hall–Kier alpha value is -1.44. The molecule has 140 valence electrons. The molecule has 1 heterocycles. The number of morpholine rings is 1. The number of amides is 1. The second-order valence-corrected chi connectivity index (χ2v) is 7.66. The number of carbonyl (C=O) groups is 1. The van der Waals surface area contributed by atoms with Crippen LogP contribution < -0.4 is 9.47 Å². The molecule has 1 fully saturated rings. The summed E-state index contributed by atoms with van der Waals surface area (Å²) in [4.78, 5) is 14.5. The van der Waals surface area contributed by atoms with Crippen molar-refractivity contribution >= 4 is 17.7 Å². The molecule has 2 atom stereocenters. The van der Waals surface area contributed by atoms with Crippen molar-refractivity contribution in [3.63, 3.8) is 0 Å². The third-order valence-electron chi connectivity index (χ3n) is 4.14. The summed E-state index contributed by atoms with van der Waals surface area (Å²) in [6.07, 6.45) is -0.458. The van der Waals surface area contributed by atoms with Crippen molar-refractivity contribution in [2.75, 3.05) is 39.7 Å². The van der Waals surface area contributed by atoms with Gasteiger partial charge < -0.3 is 24.2 Å². The second-order valence-electron chi connectivity index (χ2n) is 6.10. The molecular formula is C18H27NO5S. The molecular weight excluding hydrogens is 342 g/mol. The first kappa shape index (κ1) is 19.9. The van der Waals surface area contributed by atoms with E-state index in [0.29, 0.717) is 35.7 Å². The molecule has 0 unspecified atom stereocenters. The first-order valence-electron chi connectivity index (χ1n) is 8.37. The molecule has 1 aromatic rings. The number of carbonyl (C=O) groups excluding carboxylic acids is 1. The molecule has 0 saturated carbocycles. The standard InChI is InChI=1S/C18H27NO5S/c1-12(2)25-11-17(21)19-7-8-24-16(10-20)18(19)13-5-6-14(22-3)15(9-13)23-4/h5-6,9,12,16,18,20H,7-8,10-11H2,1-4H3/t16-,18-/m1/s1. The maximum atomic E-state index is 12.7. The average molecular weight is 369 g/mol. The number of rotatable bonds is 7. The molecule has 1 aromatic carbocycles. The minimum Gasteiger partial charge on any atom is -0.493 e. The van der Waals surface area contributed by atoms with E-state index in [2.05, 4.69) is 13.8 Å². The number of nitrogens with zero attached hydrogens (tertiary/aromatic N) is 1. The summed E-state index contributed by atoms with van der Waals surface area (Å²) in [6, 6.07) is 5.19. The lowest BCUT2D eigenvalue weighted by Gasteiger charge is -2.41. The van der Waals surface area contributed by atoms with Crippen molar-refractivity contribution in [3.8, 4) is 11.5 Å². The summed E-state index contributed by atoms with van der Waals surface area (Å²) < 4.78 is 16.4. The molecule has 1 amide bonds. The molecule has 6 nitrogen and oxygen atoms in total. The number of ether oxygens (including phenoxy) is 3. The number of methoxy groups -OCH3 is 2. The molecule has 0 bridgehead atoms. The van der Waals surface area contributed by atoms with Crippen molar-refractivity contribution in [3.05, 3.63) is 23.8 Å². The van der Waals surface area contributed by atoms with Gasteiger partial charge in [-0.15, -0.1) is 11.8 Å². The summed E-state index contributed by atoms with van der Waals surface area (Å²) in [6.45, 7) is 4.92. The van der Waals surface area contributed by atoms with Crippen LogP contribution in [0.5, 0.6) is 11.5 Å². The van der Waals surface area contributed by atoms with Crippen LogP contribution >= 0.6 is 11.8 Å². The minimum absolute atomic E-state index is 0.0558. The molecule has 0 radical (unpaired) electrons. The smallest absolute Gasteiger partial charge is 0.233 e. The van der Waals surface area contributed by atoms with Crippen LogP contribution in [0.15, 0.2) is 18.2 Å². The van der Waals surface area contributed by atoms with Crippen LogP contribution in [0.4, 0.5) is 0 Å². The van der Waals surface area contributed by atoms with E-state index in [1.807, 2.05) is 18.2 Å². The van der Waals surface area contributed by atoms with Gasteiger partial charge in [-0.05, 0) is 22.9 Å². The largest absolute Gasteiger partial charge is 0.493 e. The predicted octanol–water partition coefficient (Wildman–Crippen LogP) is 2.11. The number of benzene rings is 1. The van der Waals surface area contributed by atoms with Gasteiger partial charge in [0.1, 0.15) is 6.10 Å². The van der Waals surface area contributed by atoms with E-state index in [4.69, 9.17) is 14.2 Å². The van der Waals surface area contributed by atoms with E-state index in [1.165, 1.54) is 0 Å². The molecule has 2 rings (SSSR count). The number of aliphatic hydroxyl groups is 1. The highest BCUT2D eigenvalue weighted by molar-refractivity contribution is 8.00. The predicted molar refractivity (Wildman–Crippen MR) is 98.4 cm³/mol. The van der Waals surface area contributed by atoms with Crippen LogP contribution in [-0.2, 0) is 9.53 Å². The number of thioether (sulfide) groups is 1. The molecule has 25 heavy (non-hydrogen) atoms. The third kappa shape index (κ3) is 4.80. The van der Waals surface area contributed by atoms with E-state index in [0.717, 1.165) is 5.56 Å². The number of hydrogen-bond acceptors (Lipinski definition) is 6. The van der Waals surface area contributed by atoms with Crippen LogP contribution in [0.1, 0.15) is 25.5 Å². The summed E-state index contributed by atoms with van der Waals surface area (Å²) in [7, 11) is 3.15. The van der Waals surface area contributed by atoms with Gasteiger partial charge in [0.15, 0.2) is 11.5 Å². The Kier molecular flexibility index (Phi) is 7.40. The van der Waals surface area contributed by atoms with Gasteiger partial charge >= 0.3 is 0 Å². The van der Waals surface area contributed by atoms with Crippen molar-refractivity contribution in [2.45, 2.75) is 31.2 Å². The topological polar surface area (TPSA) is 68.2 Å². The fourth-order valence-corrected chi connectivity index (χ4v) is 3.56. The fourth-order valence-electron chi connectivity index (χ4n) is 2.92. The first-order chi connectivity index (χ1) is 12.0. The van der Waals surface area contributed by atoms with E-state index in [9.17, 15) is 9.90 Å². The number of hydrogen-bond donors (Lipinski definition) is 1. The van der Waals surface area contributed by atoms with Gasteiger partial charge in [-0.1, -0.05) is 19.9 Å². The zero-order valence-electron chi connectivity index (χ0n) is 15.2. The first-order valence-corrected chi connectivity index (χ1v) is 9.42. The van der Waals surface area contributed by atoms with Gasteiger partial charge in [0.2, 0.25) is 5.91 Å². The normalized spacial score (nSPS) is 20.6. The van der Waals surface area contributed by atoms with Crippen LogP contribution in [0.3, 0.4) is 0 Å². The minimum atomic E-state index is -0.458. The zero-order chi connectivity index (χ0) is 18.4. The lowest BCUT2D eigenvalue weighted by Crippen LogP contribution is -2.50. The van der Waals surface area contributed by atoms with Crippen molar-refractivity contribution < 1.29 is 24.1 Å². The maximum absolute atomic E-state index is 12.7. The van der Waals surface area contributed by atoms with Gasteiger partial charge in [0.05, 0.1) is 39.2 Å². The summed E-state index contributed by atoms with van der Waals surface area (Å²) in [5.74, 6) is 1.68. The van der Waals surface area contributed by atoms with E-state index >= 15 is 0 Å². The maximum Gasteiger partial charge on any atom is 0.233 e. The molecule has 7 heteroatoms.